The monoisotopic (exact) mass is 306 g/mol. The molecule has 1 aromatic heterocycles. The van der Waals surface area contributed by atoms with Gasteiger partial charge in [0.2, 0.25) is 0 Å². The molecule has 0 fully saturated rings. The smallest absolute Gasteiger partial charge is 0.404 e. The summed E-state index contributed by atoms with van der Waals surface area (Å²) in [5.74, 6) is -1.54. The number of benzene rings is 1. The molecule has 0 amide bonds. The van der Waals surface area contributed by atoms with Crippen molar-refractivity contribution in [3.8, 4) is 5.75 Å². The van der Waals surface area contributed by atoms with E-state index in [2.05, 4.69) is 15.0 Å². The molecule has 2 rings (SSSR count). The van der Waals surface area contributed by atoms with Crippen LogP contribution in [0.25, 0.3) is 0 Å². The summed E-state index contributed by atoms with van der Waals surface area (Å²) in [6.45, 7) is 0. The van der Waals surface area contributed by atoms with Crippen molar-refractivity contribution in [2.45, 2.75) is 6.36 Å². The first-order valence-corrected chi connectivity index (χ1v) is 5.66. The predicted octanol–water partition coefficient (Wildman–Crippen LogP) is 4.52. The van der Waals surface area contributed by atoms with Gasteiger partial charge in [-0.05, 0) is 18.2 Å². The molecule has 1 aromatic carbocycles. The van der Waals surface area contributed by atoms with E-state index >= 15 is 0 Å². The van der Waals surface area contributed by atoms with Crippen LogP contribution in [0.15, 0.2) is 36.5 Å². The van der Waals surface area contributed by atoms with Gasteiger partial charge in [-0.25, -0.2) is 9.37 Å². The predicted molar refractivity (Wildman–Crippen MR) is 65.6 cm³/mol. The van der Waals surface area contributed by atoms with Crippen LogP contribution in [0.5, 0.6) is 5.75 Å². The van der Waals surface area contributed by atoms with Gasteiger partial charge in [-0.15, -0.1) is 13.2 Å². The zero-order chi connectivity index (χ0) is 14.8. The van der Waals surface area contributed by atoms with Crippen LogP contribution in [-0.2, 0) is 0 Å². The lowest BCUT2D eigenvalue weighted by Crippen LogP contribution is -2.18. The van der Waals surface area contributed by atoms with Crippen LogP contribution < -0.4 is 10.1 Å². The third-order valence-electron chi connectivity index (χ3n) is 2.17. The van der Waals surface area contributed by atoms with Gasteiger partial charge in [-0.2, -0.15) is 0 Å². The van der Waals surface area contributed by atoms with Crippen molar-refractivity contribution in [3.05, 3.63) is 47.4 Å². The molecule has 0 aliphatic carbocycles. The number of pyridine rings is 1. The molecule has 0 saturated heterocycles. The number of rotatable bonds is 3. The van der Waals surface area contributed by atoms with Crippen molar-refractivity contribution in [2.24, 2.45) is 0 Å². The second-order valence-electron chi connectivity index (χ2n) is 3.65. The normalized spacial score (nSPS) is 11.2. The quantitative estimate of drug-likeness (QED) is 0.847. The molecule has 2 aromatic rings. The molecule has 0 unspecified atom stereocenters. The van der Waals surface area contributed by atoms with E-state index in [4.69, 9.17) is 11.6 Å². The van der Waals surface area contributed by atoms with Crippen LogP contribution in [-0.4, -0.2) is 11.3 Å². The molecule has 0 atom stereocenters. The molecule has 20 heavy (non-hydrogen) atoms. The lowest BCUT2D eigenvalue weighted by Gasteiger charge is -2.14. The molecule has 8 heteroatoms. The van der Waals surface area contributed by atoms with E-state index < -0.39 is 17.9 Å². The van der Waals surface area contributed by atoms with Crippen molar-refractivity contribution in [1.29, 1.82) is 0 Å². The van der Waals surface area contributed by atoms with Crippen LogP contribution in [0.2, 0.25) is 5.02 Å². The van der Waals surface area contributed by atoms with Crippen LogP contribution in [0.3, 0.4) is 0 Å². The minimum Gasteiger partial charge on any atom is -0.404 e. The molecular formula is C12H7ClF4N2O. The van der Waals surface area contributed by atoms with Gasteiger partial charge in [0.15, 0.2) is 17.4 Å². The molecule has 0 bridgehead atoms. The summed E-state index contributed by atoms with van der Waals surface area (Å²) >= 11 is 5.53. The molecule has 1 N–H and O–H groups in total. The highest BCUT2D eigenvalue weighted by atomic mass is 35.5. The molecule has 0 saturated carbocycles. The highest BCUT2D eigenvalue weighted by Crippen LogP contribution is 2.32. The van der Waals surface area contributed by atoms with Crippen LogP contribution in [0, 0.1) is 5.82 Å². The number of alkyl halides is 3. The first-order chi connectivity index (χ1) is 9.35. The van der Waals surface area contributed by atoms with Gasteiger partial charge < -0.3 is 10.1 Å². The van der Waals surface area contributed by atoms with Crippen molar-refractivity contribution in [1.82, 2.24) is 4.98 Å². The van der Waals surface area contributed by atoms with Gasteiger partial charge in [-0.3, -0.25) is 0 Å². The van der Waals surface area contributed by atoms with Crippen LogP contribution in [0.4, 0.5) is 29.1 Å². The van der Waals surface area contributed by atoms with E-state index in [0.717, 1.165) is 12.1 Å². The Kier molecular flexibility index (Phi) is 3.99. The summed E-state index contributed by atoms with van der Waals surface area (Å²) < 4.78 is 54.1. The summed E-state index contributed by atoms with van der Waals surface area (Å²) in [5, 5.41) is 2.50. The Morgan fingerprint density at radius 1 is 1.20 bits per heavy atom. The second kappa shape index (κ2) is 5.54. The molecule has 0 spiro atoms. The van der Waals surface area contributed by atoms with E-state index in [0.29, 0.717) is 0 Å². The summed E-state index contributed by atoms with van der Waals surface area (Å²) in [6, 6.07) is 6.22. The summed E-state index contributed by atoms with van der Waals surface area (Å²) in [4.78, 5) is 3.66. The maximum Gasteiger partial charge on any atom is 0.573 e. The van der Waals surface area contributed by atoms with Crippen LogP contribution in [0.1, 0.15) is 0 Å². The third kappa shape index (κ3) is 3.74. The van der Waals surface area contributed by atoms with Crippen molar-refractivity contribution in [3.63, 3.8) is 0 Å². The molecule has 1 heterocycles. The molecular weight excluding hydrogens is 300 g/mol. The number of nitrogens with one attached hydrogen (secondary N) is 1. The summed E-state index contributed by atoms with van der Waals surface area (Å²) in [7, 11) is 0. The Hall–Kier alpha value is -2.02. The molecule has 0 aliphatic heterocycles. The molecule has 3 nitrogen and oxygen atoms in total. The fourth-order valence-corrected chi connectivity index (χ4v) is 1.56. The second-order valence-corrected chi connectivity index (χ2v) is 4.09. The van der Waals surface area contributed by atoms with Gasteiger partial charge in [-0.1, -0.05) is 23.7 Å². The average molecular weight is 307 g/mol. The van der Waals surface area contributed by atoms with E-state index in [9.17, 15) is 17.6 Å². The Labute approximate surface area is 116 Å². The Morgan fingerprint density at radius 3 is 2.55 bits per heavy atom. The SMILES string of the molecule is Fc1cc(Cl)cnc1Nc1ccccc1OC(F)(F)F. The summed E-state index contributed by atoms with van der Waals surface area (Å²) in [6.07, 6.45) is -3.68. The number of halogens is 5. The number of hydrogen-bond acceptors (Lipinski definition) is 3. The average Bonchev–Trinajstić information content (AvgIpc) is 2.33. The lowest BCUT2D eigenvalue weighted by atomic mass is 10.3. The van der Waals surface area contributed by atoms with Gasteiger partial charge in [0, 0.05) is 6.20 Å². The Balaban J connectivity index is 2.29. The van der Waals surface area contributed by atoms with E-state index in [1.807, 2.05) is 0 Å². The number of ether oxygens (including phenoxy) is 1. The maximum atomic E-state index is 13.5. The Morgan fingerprint density at radius 2 is 1.90 bits per heavy atom. The number of para-hydroxylation sites is 2. The van der Waals surface area contributed by atoms with Gasteiger partial charge in [0.1, 0.15) is 0 Å². The van der Waals surface area contributed by atoms with Crippen molar-refractivity contribution < 1.29 is 22.3 Å². The molecule has 106 valence electrons. The first-order valence-electron chi connectivity index (χ1n) is 5.28. The first kappa shape index (κ1) is 14.4. The van der Waals surface area contributed by atoms with Gasteiger partial charge in [0.25, 0.3) is 0 Å². The van der Waals surface area contributed by atoms with Crippen molar-refractivity contribution in [2.75, 3.05) is 5.32 Å². The maximum absolute atomic E-state index is 13.5. The number of nitrogens with zero attached hydrogens (tertiary/aromatic N) is 1. The topological polar surface area (TPSA) is 34.2 Å². The highest BCUT2D eigenvalue weighted by molar-refractivity contribution is 6.30. The van der Waals surface area contributed by atoms with E-state index in [1.54, 1.807) is 0 Å². The highest BCUT2D eigenvalue weighted by Gasteiger charge is 2.32. The zero-order valence-corrected chi connectivity index (χ0v) is 10.5. The fourth-order valence-electron chi connectivity index (χ4n) is 1.42. The minimum atomic E-state index is -4.84. The van der Waals surface area contributed by atoms with E-state index in [1.165, 1.54) is 24.4 Å². The zero-order valence-electron chi connectivity index (χ0n) is 9.71. The number of aromatic nitrogens is 1. The number of anilines is 2. The van der Waals surface area contributed by atoms with Crippen molar-refractivity contribution >= 4 is 23.1 Å². The van der Waals surface area contributed by atoms with Gasteiger partial charge in [0.05, 0.1) is 10.7 Å². The third-order valence-corrected chi connectivity index (χ3v) is 2.38. The largest absolute Gasteiger partial charge is 0.573 e. The van der Waals surface area contributed by atoms with Gasteiger partial charge >= 0.3 is 6.36 Å². The van der Waals surface area contributed by atoms with E-state index in [-0.39, 0.29) is 16.5 Å². The van der Waals surface area contributed by atoms with Crippen LogP contribution >= 0.6 is 11.6 Å². The number of hydrogen-bond donors (Lipinski definition) is 1. The minimum absolute atomic E-state index is 0.0708. The standard InChI is InChI=1S/C12H7ClF4N2O/c13-7-5-8(14)11(18-6-7)19-9-3-1-2-4-10(9)20-12(15,16)17/h1-6H,(H,18,19). The molecule has 0 aliphatic rings. The summed E-state index contributed by atoms with van der Waals surface area (Å²) in [5.41, 5.74) is -0.0708. The molecule has 0 radical (unpaired) electrons. The fraction of sp³-hybridized carbons (Fsp3) is 0.0833. The Bertz CT molecular complexity index is 619. The lowest BCUT2D eigenvalue weighted by molar-refractivity contribution is -0.274.